The molecule has 0 amide bonds. The van der Waals surface area contributed by atoms with Gasteiger partial charge in [0.25, 0.3) is 0 Å². The van der Waals surface area contributed by atoms with Gasteiger partial charge in [-0.3, -0.25) is 0 Å². The van der Waals surface area contributed by atoms with Gasteiger partial charge in [0.1, 0.15) is 5.75 Å². The number of hydrogen-bond acceptors (Lipinski definition) is 2. The van der Waals surface area contributed by atoms with Crippen molar-refractivity contribution in [1.29, 1.82) is 0 Å². The SMILES string of the molecule is CCCCCCOc1ccc(Br)cc1CNCC(C)C. The third kappa shape index (κ3) is 7.30. The zero-order valence-electron chi connectivity index (χ0n) is 13.0. The number of unbranched alkanes of at least 4 members (excludes halogenated alkanes) is 3. The lowest BCUT2D eigenvalue weighted by molar-refractivity contribution is 0.301. The van der Waals surface area contributed by atoms with E-state index < -0.39 is 0 Å². The Morgan fingerprint density at radius 2 is 2.00 bits per heavy atom. The fourth-order valence-electron chi connectivity index (χ4n) is 2.03. The molecule has 3 heteroatoms. The highest BCUT2D eigenvalue weighted by Crippen LogP contribution is 2.23. The Morgan fingerprint density at radius 3 is 2.70 bits per heavy atom. The van der Waals surface area contributed by atoms with E-state index in [9.17, 15) is 0 Å². The predicted octanol–water partition coefficient (Wildman–Crippen LogP) is 5.15. The van der Waals surface area contributed by atoms with Gasteiger partial charge in [-0.05, 0) is 37.1 Å². The van der Waals surface area contributed by atoms with E-state index in [-0.39, 0.29) is 0 Å². The lowest BCUT2D eigenvalue weighted by atomic mass is 10.1. The molecular formula is C17H28BrNO. The second-order valence-electron chi connectivity index (χ2n) is 5.69. The Morgan fingerprint density at radius 1 is 1.20 bits per heavy atom. The smallest absolute Gasteiger partial charge is 0.123 e. The summed E-state index contributed by atoms with van der Waals surface area (Å²) in [6, 6.07) is 6.26. The van der Waals surface area contributed by atoms with Crippen molar-refractivity contribution in [2.45, 2.75) is 53.0 Å². The second-order valence-corrected chi connectivity index (χ2v) is 6.60. The first-order chi connectivity index (χ1) is 9.63. The number of ether oxygens (including phenoxy) is 1. The van der Waals surface area contributed by atoms with Crippen LogP contribution in [-0.4, -0.2) is 13.2 Å². The van der Waals surface area contributed by atoms with E-state index in [1.165, 1.54) is 24.8 Å². The lowest BCUT2D eigenvalue weighted by Gasteiger charge is -2.13. The van der Waals surface area contributed by atoms with Crippen LogP contribution in [0.15, 0.2) is 22.7 Å². The summed E-state index contributed by atoms with van der Waals surface area (Å²) in [6.07, 6.45) is 4.96. The van der Waals surface area contributed by atoms with Gasteiger partial charge in [-0.2, -0.15) is 0 Å². The first-order valence-electron chi connectivity index (χ1n) is 7.75. The summed E-state index contributed by atoms with van der Waals surface area (Å²) in [7, 11) is 0. The second kappa shape index (κ2) is 10.2. The van der Waals surface area contributed by atoms with Crippen molar-refractivity contribution >= 4 is 15.9 Å². The van der Waals surface area contributed by atoms with Gasteiger partial charge in [-0.25, -0.2) is 0 Å². The van der Waals surface area contributed by atoms with Crippen LogP contribution in [0.2, 0.25) is 0 Å². The van der Waals surface area contributed by atoms with Crippen molar-refractivity contribution in [2.24, 2.45) is 5.92 Å². The summed E-state index contributed by atoms with van der Waals surface area (Å²) < 4.78 is 7.04. The molecule has 2 nitrogen and oxygen atoms in total. The van der Waals surface area contributed by atoms with Crippen LogP contribution in [0.3, 0.4) is 0 Å². The average molecular weight is 342 g/mol. The van der Waals surface area contributed by atoms with Gasteiger partial charge in [0.05, 0.1) is 6.61 Å². The molecule has 0 aliphatic carbocycles. The highest BCUT2D eigenvalue weighted by Gasteiger charge is 2.05. The minimum absolute atomic E-state index is 0.667. The van der Waals surface area contributed by atoms with E-state index in [2.05, 4.69) is 54.2 Å². The third-order valence-corrected chi connectivity index (χ3v) is 3.64. The van der Waals surface area contributed by atoms with Gasteiger partial charge in [0.2, 0.25) is 0 Å². The van der Waals surface area contributed by atoms with Crippen molar-refractivity contribution in [3.8, 4) is 5.75 Å². The molecule has 0 aliphatic rings. The summed E-state index contributed by atoms with van der Waals surface area (Å²) in [5.74, 6) is 1.68. The average Bonchev–Trinajstić information content (AvgIpc) is 2.40. The highest BCUT2D eigenvalue weighted by atomic mass is 79.9. The Hall–Kier alpha value is -0.540. The molecule has 0 spiro atoms. The predicted molar refractivity (Wildman–Crippen MR) is 90.3 cm³/mol. The molecule has 0 aromatic heterocycles. The maximum Gasteiger partial charge on any atom is 0.123 e. The van der Waals surface area contributed by atoms with Crippen LogP contribution >= 0.6 is 15.9 Å². The normalized spacial score (nSPS) is 11.1. The van der Waals surface area contributed by atoms with Crippen LogP contribution in [0, 0.1) is 5.92 Å². The van der Waals surface area contributed by atoms with E-state index in [0.717, 1.165) is 36.3 Å². The molecule has 1 rings (SSSR count). The van der Waals surface area contributed by atoms with Gasteiger partial charge in [-0.1, -0.05) is 56.0 Å². The van der Waals surface area contributed by atoms with Gasteiger partial charge in [0, 0.05) is 16.6 Å². The van der Waals surface area contributed by atoms with Gasteiger partial charge in [-0.15, -0.1) is 0 Å². The largest absolute Gasteiger partial charge is 0.493 e. The van der Waals surface area contributed by atoms with Gasteiger partial charge < -0.3 is 10.1 Å². The minimum Gasteiger partial charge on any atom is -0.493 e. The summed E-state index contributed by atoms with van der Waals surface area (Å²) in [4.78, 5) is 0. The van der Waals surface area contributed by atoms with Gasteiger partial charge in [0.15, 0.2) is 0 Å². The van der Waals surface area contributed by atoms with Crippen LogP contribution in [0.25, 0.3) is 0 Å². The summed E-state index contributed by atoms with van der Waals surface area (Å²) in [5.41, 5.74) is 1.23. The number of halogens is 1. The maximum atomic E-state index is 5.94. The monoisotopic (exact) mass is 341 g/mol. The van der Waals surface area contributed by atoms with Crippen molar-refractivity contribution in [1.82, 2.24) is 5.32 Å². The van der Waals surface area contributed by atoms with Crippen molar-refractivity contribution in [2.75, 3.05) is 13.2 Å². The third-order valence-electron chi connectivity index (χ3n) is 3.15. The van der Waals surface area contributed by atoms with E-state index >= 15 is 0 Å². The molecular weight excluding hydrogens is 314 g/mol. The quantitative estimate of drug-likeness (QED) is 0.594. The Balaban J connectivity index is 2.47. The number of benzene rings is 1. The number of hydrogen-bond donors (Lipinski definition) is 1. The molecule has 0 unspecified atom stereocenters. The van der Waals surface area contributed by atoms with Gasteiger partial charge >= 0.3 is 0 Å². The van der Waals surface area contributed by atoms with Crippen molar-refractivity contribution < 1.29 is 4.74 Å². The zero-order chi connectivity index (χ0) is 14.8. The van der Waals surface area contributed by atoms with E-state index in [4.69, 9.17) is 4.74 Å². The molecule has 1 aromatic rings. The maximum absolute atomic E-state index is 5.94. The number of rotatable bonds is 10. The molecule has 0 aliphatic heterocycles. The van der Waals surface area contributed by atoms with E-state index in [0.29, 0.717) is 5.92 Å². The first kappa shape index (κ1) is 17.5. The fourth-order valence-corrected chi connectivity index (χ4v) is 2.44. The Bertz CT molecular complexity index is 379. The Kier molecular flexibility index (Phi) is 8.95. The molecule has 0 atom stereocenters. The molecule has 20 heavy (non-hydrogen) atoms. The van der Waals surface area contributed by atoms with Crippen LogP contribution in [0.5, 0.6) is 5.75 Å². The standard InChI is InChI=1S/C17H28BrNO/c1-4-5-6-7-10-20-17-9-8-16(18)11-15(17)13-19-12-14(2)3/h8-9,11,14,19H,4-7,10,12-13H2,1-3H3. The van der Waals surface area contributed by atoms with Crippen LogP contribution in [-0.2, 0) is 6.54 Å². The van der Waals surface area contributed by atoms with Crippen LogP contribution < -0.4 is 10.1 Å². The summed E-state index contributed by atoms with van der Waals surface area (Å²) in [5, 5.41) is 3.48. The highest BCUT2D eigenvalue weighted by molar-refractivity contribution is 9.10. The zero-order valence-corrected chi connectivity index (χ0v) is 14.6. The molecule has 1 aromatic carbocycles. The molecule has 0 heterocycles. The van der Waals surface area contributed by atoms with Crippen LogP contribution in [0.4, 0.5) is 0 Å². The topological polar surface area (TPSA) is 21.3 Å². The summed E-state index contributed by atoms with van der Waals surface area (Å²) >= 11 is 3.54. The molecule has 1 N–H and O–H groups in total. The molecule has 0 radical (unpaired) electrons. The first-order valence-corrected chi connectivity index (χ1v) is 8.54. The Labute approximate surface area is 132 Å². The van der Waals surface area contributed by atoms with E-state index in [1.807, 2.05) is 6.07 Å². The molecule has 0 saturated heterocycles. The molecule has 0 fully saturated rings. The van der Waals surface area contributed by atoms with Crippen molar-refractivity contribution in [3.63, 3.8) is 0 Å². The minimum atomic E-state index is 0.667. The molecule has 0 saturated carbocycles. The fraction of sp³-hybridized carbons (Fsp3) is 0.647. The summed E-state index contributed by atoms with van der Waals surface area (Å²) in [6.45, 7) is 9.38. The molecule has 0 bridgehead atoms. The number of nitrogens with one attached hydrogen (secondary N) is 1. The van der Waals surface area contributed by atoms with E-state index in [1.54, 1.807) is 0 Å². The molecule has 114 valence electrons. The lowest BCUT2D eigenvalue weighted by Crippen LogP contribution is -2.19. The van der Waals surface area contributed by atoms with Crippen LogP contribution in [0.1, 0.15) is 52.0 Å². The van der Waals surface area contributed by atoms with Crippen molar-refractivity contribution in [3.05, 3.63) is 28.2 Å².